The first-order valence-corrected chi connectivity index (χ1v) is 15.9. The van der Waals surface area contributed by atoms with E-state index in [2.05, 4.69) is 31.3 Å². The number of nitrogens with one attached hydrogen (secondary N) is 4. The van der Waals surface area contributed by atoms with Crippen LogP contribution in [0.1, 0.15) is 52.0 Å². The highest BCUT2D eigenvalue weighted by atomic mass is 35.5. The van der Waals surface area contributed by atoms with Gasteiger partial charge < -0.3 is 35.8 Å². The van der Waals surface area contributed by atoms with Crippen molar-refractivity contribution in [1.29, 1.82) is 0 Å². The van der Waals surface area contributed by atoms with Crippen molar-refractivity contribution in [3.63, 3.8) is 0 Å². The van der Waals surface area contributed by atoms with Crippen molar-refractivity contribution in [2.45, 2.75) is 55.2 Å². The van der Waals surface area contributed by atoms with Crippen LogP contribution in [0.5, 0.6) is 0 Å². The van der Waals surface area contributed by atoms with Crippen LogP contribution in [-0.2, 0) is 13.2 Å². The summed E-state index contributed by atoms with van der Waals surface area (Å²) in [4.78, 5) is 43.8. The highest BCUT2D eigenvalue weighted by Crippen LogP contribution is 2.53. The van der Waals surface area contributed by atoms with E-state index < -0.39 is 71.5 Å². The number of hydrogen-bond donors (Lipinski definition) is 5. The van der Waals surface area contributed by atoms with Crippen LogP contribution in [0, 0.1) is 0 Å². The lowest BCUT2D eigenvalue weighted by Crippen LogP contribution is -2.53. The summed E-state index contributed by atoms with van der Waals surface area (Å²) in [6, 6.07) is 1.44. The molecule has 1 aliphatic carbocycles. The molecule has 0 radical (unpaired) electrons. The first kappa shape index (κ1) is 35.5. The second-order valence-corrected chi connectivity index (χ2v) is 13.0. The minimum absolute atomic E-state index is 0.0357. The van der Waals surface area contributed by atoms with Gasteiger partial charge in [0.1, 0.15) is 11.7 Å². The number of aromatic nitrogens is 4. The lowest BCUT2D eigenvalue weighted by Gasteiger charge is -2.36. The second kappa shape index (κ2) is 13.1. The van der Waals surface area contributed by atoms with E-state index in [0.717, 1.165) is 17.0 Å². The van der Waals surface area contributed by atoms with E-state index in [1.807, 2.05) is 0 Å². The zero-order chi connectivity index (χ0) is 36.2. The molecule has 5 N–H and O–H groups in total. The fourth-order valence-electron chi connectivity index (χ4n) is 5.99. The largest absolute Gasteiger partial charge is 0.435 e. The van der Waals surface area contributed by atoms with Crippen LogP contribution in [-0.4, -0.2) is 104 Å². The molecule has 2 saturated heterocycles. The van der Waals surface area contributed by atoms with Gasteiger partial charge in [0, 0.05) is 64.4 Å². The van der Waals surface area contributed by atoms with E-state index in [4.69, 9.17) is 11.6 Å². The summed E-state index contributed by atoms with van der Waals surface area (Å²) < 4.78 is 85.5. The summed E-state index contributed by atoms with van der Waals surface area (Å²) in [5.41, 5.74) is -3.66. The number of carbonyl (C=O) groups is 3. The molecule has 0 spiro atoms. The molecule has 4 heterocycles. The Morgan fingerprint density at radius 1 is 1.14 bits per heavy atom. The van der Waals surface area contributed by atoms with Crippen molar-refractivity contribution in [1.82, 2.24) is 40.2 Å². The molecule has 270 valence electrons. The topological polar surface area (TPSA) is 158 Å². The summed E-state index contributed by atoms with van der Waals surface area (Å²) in [6.07, 6.45) is -4.60. The number of anilines is 1. The SMILES string of the molecule is Cn1c(-c2cn(C3CC3(F)F)nc2C(F)(F)F)cnc1C(=O)Nc1ccc(C(=O)N2CCC(F)(CNC(=O)N[C@H]3CNCC3O)CC2)c(Cl)c1. The lowest BCUT2D eigenvalue weighted by molar-refractivity contribution is -0.141. The number of urea groups is 1. The van der Waals surface area contributed by atoms with E-state index in [1.54, 1.807) is 0 Å². The number of benzene rings is 1. The molecule has 2 aliphatic heterocycles. The molecule has 3 aromatic rings. The van der Waals surface area contributed by atoms with Gasteiger partial charge in [-0.3, -0.25) is 14.3 Å². The Morgan fingerprint density at radius 3 is 2.44 bits per heavy atom. The van der Waals surface area contributed by atoms with E-state index in [9.17, 15) is 41.4 Å². The molecule has 2 unspecified atom stereocenters. The molecule has 20 heteroatoms. The number of hydrogen-bond acceptors (Lipinski definition) is 7. The molecule has 4 amide bonds. The maximum absolute atomic E-state index is 15.4. The Morgan fingerprint density at radius 2 is 1.84 bits per heavy atom. The highest BCUT2D eigenvalue weighted by Gasteiger charge is 2.59. The first-order chi connectivity index (χ1) is 23.5. The fraction of sp³-hybridized carbons (Fsp3) is 0.500. The zero-order valence-corrected chi connectivity index (χ0v) is 27.1. The number of aliphatic hydroxyl groups excluding tert-OH is 1. The summed E-state index contributed by atoms with van der Waals surface area (Å²) in [5, 5.41) is 23.7. The number of rotatable bonds is 8. The van der Waals surface area contributed by atoms with Crippen LogP contribution in [0.2, 0.25) is 5.02 Å². The molecule has 3 atom stereocenters. The first-order valence-electron chi connectivity index (χ1n) is 15.5. The molecule has 3 fully saturated rings. The summed E-state index contributed by atoms with van der Waals surface area (Å²) in [6.45, 7) is 0.537. The Bertz CT molecular complexity index is 1810. The molecule has 6 rings (SSSR count). The number of likely N-dealkylation sites (tertiary alicyclic amines) is 1. The third kappa shape index (κ3) is 7.25. The maximum Gasteiger partial charge on any atom is 0.435 e. The van der Waals surface area contributed by atoms with Crippen LogP contribution in [0.25, 0.3) is 11.3 Å². The van der Waals surface area contributed by atoms with Gasteiger partial charge in [0.2, 0.25) is 0 Å². The van der Waals surface area contributed by atoms with Crippen LogP contribution >= 0.6 is 11.6 Å². The lowest BCUT2D eigenvalue weighted by atomic mass is 9.93. The number of halogens is 7. The van der Waals surface area contributed by atoms with Crippen LogP contribution in [0.15, 0.2) is 30.6 Å². The minimum atomic E-state index is -4.97. The summed E-state index contributed by atoms with van der Waals surface area (Å²) in [5.74, 6) is -4.80. The van der Waals surface area contributed by atoms with Crippen LogP contribution in [0.3, 0.4) is 0 Å². The predicted octanol–water partition coefficient (Wildman–Crippen LogP) is 3.36. The number of piperidine rings is 1. The molecule has 13 nitrogen and oxygen atoms in total. The van der Waals surface area contributed by atoms with E-state index in [1.165, 1.54) is 30.1 Å². The number of alkyl halides is 6. The van der Waals surface area contributed by atoms with Gasteiger partial charge in [-0.25, -0.2) is 22.9 Å². The maximum atomic E-state index is 15.4. The molecular weight excluding hydrogens is 700 g/mol. The van der Waals surface area contributed by atoms with Gasteiger partial charge in [0.15, 0.2) is 11.5 Å². The van der Waals surface area contributed by atoms with E-state index in [0.29, 0.717) is 17.8 Å². The zero-order valence-electron chi connectivity index (χ0n) is 26.3. The molecule has 0 bridgehead atoms. The molecule has 3 aliphatic rings. The average Bonchev–Trinajstić information content (AvgIpc) is 3.43. The number of nitrogens with zero attached hydrogens (tertiary/aromatic N) is 5. The third-order valence-corrected chi connectivity index (χ3v) is 9.36. The molecule has 1 aromatic carbocycles. The van der Waals surface area contributed by atoms with Crippen molar-refractivity contribution in [3.05, 3.63) is 52.7 Å². The van der Waals surface area contributed by atoms with Crippen molar-refractivity contribution in [3.8, 4) is 11.3 Å². The Labute approximate surface area is 285 Å². The van der Waals surface area contributed by atoms with Gasteiger partial charge in [-0.05, 0) is 18.2 Å². The Balaban J connectivity index is 1.06. The number of aliphatic hydroxyl groups is 1. The van der Waals surface area contributed by atoms with Crippen LogP contribution < -0.4 is 21.3 Å². The normalized spacial score (nSPS) is 22.7. The quantitative estimate of drug-likeness (QED) is 0.223. The van der Waals surface area contributed by atoms with Crippen molar-refractivity contribution >= 4 is 35.1 Å². The highest BCUT2D eigenvalue weighted by molar-refractivity contribution is 6.34. The Hall–Kier alpha value is -4.36. The van der Waals surface area contributed by atoms with Crippen molar-refractivity contribution < 1.29 is 45.8 Å². The molecule has 1 saturated carbocycles. The Kier molecular flexibility index (Phi) is 9.27. The van der Waals surface area contributed by atoms with E-state index >= 15 is 4.39 Å². The van der Waals surface area contributed by atoms with Gasteiger partial charge in [0.25, 0.3) is 17.7 Å². The van der Waals surface area contributed by atoms with Crippen molar-refractivity contribution in [2.75, 3.05) is 38.0 Å². The molecule has 2 aromatic heterocycles. The average molecular weight is 732 g/mol. The summed E-state index contributed by atoms with van der Waals surface area (Å²) >= 11 is 6.38. The smallest absolute Gasteiger partial charge is 0.390 e. The number of carbonyl (C=O) groups excluding carboxylic acids is 3. The minimum Gasteiger partial charge on any atom is -0.390 e. The van der Waals surface area contributed by atoms with Gasteiger partial charge in [-0.1, -0.05) is 11.6 Å². The second-order valence-electron chi connectivity index (χ2n) is 12.6. The number of β-amino-alcohol motifs (C(OH)–C–C–N with tert-alkyl or cyclic N) is 1. The summed E-state index contributed by atoms with van der Waals surface area (Å²) in [7, 11) is 1.28. The van der Waals surface area contributed by atoms with Crippen molar-refractivity contribution in [2.24, 2.45) is 7.05 Å². The standard InChI is InChI=1S/C30H32ClF6N9O4/c1-44-20(17-13-46(22-9-29(22,33)34)43-23(17)30(35,36)37)11-39-24(44)25(48)41-15-2-3-16(18(31)8-15)26(49)45-6-4-28(32,5-7-45)14-40-27(50)42-19-10-38-12-21(19)47/h2-3,8,11,13,19,21-22,38,47H,4-7,9-10,12,14H2,1H3,(H,41,48)(H2,40,42,50)/t19-,21?,22?/m0/s1. The third-order valence-electron chi connectivity index (χ3n) is 9.05. The monoisotopic (exact) mass is 731 g/mol. The van der Waals surface area contributed by atoms with Gasteiger partial charge in [-0.2, -0.15) is 18.3 Å². The predicted molar refractivity (Wildman–Crippen MR) is 166 cm³/mol. The fourth-order valence-corrected chi connectivity index (χ4v) is 6.25. The number of imidazole rings is 1. The number of amides is 4. The van der Waals surface area contributed by atoms with Crippen LogP contribution in [0.4, 0.5) is 36.8 Å². The molecular formula is C30H32ClF6N9O4. The van der Waals surface area contributed by atoms with E-state index in [-0.39, 0.29) is 60.3 Å². The molecule has 50 heavy (non-hydrogen) atoms. The van der Waals surface area contributed by atoms with Gasteiger partial charge >= 0.3 is 12.2 Å². The van der Waals surface area contributed by atoms with Gasteiger partial charge in [-0.15, -0.1) is 0 Å². The van der Waals surface area contributed by atoms with Gasteiger partial charge in [0.05, 0.1) is 46.7 Å².